The summed E-state index contributed by atoms with van der Waals surface area (Å²) >= 11 is 0. The Hall–Kier alpha value is -1.09. The van der Waals surface area contributed by atoms with Crippen LogP contribution in [0.1, 0.15) is 142 Å². The first-order valence-corrected chi connectivity index (χ1v) is 17.8. The van der Waals surface area contributed by atoms with Crippen LogP contribution in [0.2, 0.25) is 0 Å². The van der Waals surface area contributed by atoms with Gasteiger partial charge in [0, 0.05) is 24.2 Å². The Morgan fingerprint density at radius 3 is 1.43 bits per heavy atom. The average molecular weight is 552 g/mol. The molecule has 5 saturated carbocycles. The summed E-state index contributed by atoms with van der Waals surface area (Å²) in [6.07, 6.45) is 34.2. The summed E-state index contributed by atoms with van der Waals surface area (Å²) in [5.74, 6) is 5.16. The highest BCUT2D eigenvalue weighted by molar-refractivity contribution is 5.81. The molecule has 5 rings (SSSR count). The van der Waals surface area contributed by atoms with Gasteiger partial charge in [-0.2, -0.15) is 0 Å². The molecule has 226 valence electrons. The van der Waals surface area contributed by atoms with Gasteiger partial charge in [0.1, 0.15) is 6.10 Å². The molecule has 40 heavy (non-hydrogen) atoms. The molecule has 0 radical (unpaired) electrons. The molecule has 0 aromatic heterocycles. The molecule has 0 N–H and O–H groups in total. The van der Waals surface area contributed by atoms with Crippen molar-refractivity contribution in [2.75, 3.05) is 0 Å². The lowest BCUT2D eigenvalue weighted by Gasteiger charge is -2.50. The smallest absolute Gasteiger partial charge is 0.330 e. The first-order valence-electron chi connectivity index (χ1n) is 17.8. The summed E-state index contributed by atoms with van der Waals surface area (Å²) < 4.78 is 5.48. The summed E-state index contributed by atoms with van der Waals surface area (Å²) in [6, 6.07) is 2.55. The van der Waals surface area contributed by atoms with E-state index in [1.165, 1.54) is 109 Å². The number of nitrogens with zero attached hydrogens (tertiary/aromatic N) is 1. The lowest BCUT2D eigenvalue weighted by molar-refractivity contribution is -0.144. The van der Waals surface area contributed by atoms with Crippen molar-refractivity contribution in [3.63, 3.8) is 0 Å². The van der Waals surface area contributed by atoms with Crippen LogP contribution >= 0.6 is 0 Å². The van der Waals surface area contributed by atoms with Gasteiger partial charge in [-0.1, -0.05) is 45.4 Å². The van der Waals surface area contributed by atoms with Crippen LogP contribution in [0, 0.1) is 35.5 Å². The molecule has 0 saturated heterocycles. The third-order valence-electron chi connectivity index (χ3n) is 12.3. The Labute approximate surface area is 247 Å². The second-order valence-corrected chi connectivity index (χ2v) is 15.1. The van der Waals surface area contributed by atoms with Crippen LogP contribution in [0.3, 0.4) is 0 Å². The van der Waals surface area contributed by atoms with Crippen LogP contribution < -0.4 is 0 Å². The van der Waals surface area contributed by atoms with E-state index < -0.39 is 0 Å². The molecule has 5 aliphatic rings. The van der Waals surface area contributed by atoms with E-state index in [-0.39, 0.29) is 12.1 Å². The maximum Gasteiger partial charge on any atom is 0.330 e. The van der Waals surface area contributed by atoms with Crippen LogP contribution in [0.4, 0.5) is 0 Å². The van der Waals surface area contributed by atoms with Crippen LogP contribution in [-0.4, -0.2) is 35.1 Å². The number of hydrogen-bond acceptors (Lipinski definition) is 3. The van der Waals surface area contributed by atoms with Gasteiger partial charge in [0.2, 0.25) is 0 Å². The quantitative estimate of drug-likeness (QED) is 0.171. The molecule has 0 spiro atoms. The number of carbonyl (C=O) groups excluding carboxylic acids is 1. The van der Waals surface area contributed by atoms with Crippen molar-refractivity contribution in [2.24, 2.45) is 35.5 Å². The van der Waals surface area contributed by atoms with Crippen molar-refractivity contribution in [2.45, 2.75) is 166 Å². The van der Waals surface area contributed by atoms with Gasteiger partial charge in [-0.05, 0) is 151 Å². The standard InChI is InChI=1S/C37H61NO2/c1-4-37(39)40-36-25-13-30(14-26-36)10-9-29-11-21-34(22-12-29)38(33-19-7-28(3)8-20-33)35-23-17-32(18-24-35)31-15-5-27(2)6-16-31/h4,9-10,27-36H,1,5-8,11-26H2,2-3H3. The Kier molecular flexibility index (Phi) is 11.3. The Bertz CT molecular complexity index is 796. The third-order valence-corrected chi connectivity index (χ3v) is 12.3. The molecule has 3 nitrogen and oxygen atoms in total. The highest BCUT2D eigenvalue weighted by Crippen LogP contribution is 2.44. The lowest BCUT2D eigenvalue weighted by atomic mass is 9.70. The highest BCUT2D eigenvalue weighted by Gasteiger charge is 2.39. The van der Waals surface area contributed by atoms with E-state index in [1.807, 2.05) is 0 Å². The van der Waals surface area contributed by atoms with Gasteiger partial charge in [-0.3, -0.25) is 4.90 Å². The fourth-order valence-electron chi connectivity index (χ4n) is 9.58. The van der Waals surface area contributed by atoms with Crippen LogP contribution in [0.5, 0.6) is 0 Å². The monoisotopic (exact) mass is 551 g/mol. The molecule has 5 fully saturated rings. The zero-order chi connectivity index (χ0) is 27.9. The van der Waals surface area contributed by atoms with E-state index in [0.717, 1.165) is 73.4 Å². The molecule has 0 aromatic carbocycles. The lowest BCUT2D eigenvalue weighted by Crippen LogP contribution is -2.52. The van der Waals surface area contributed by atoms with Gasteiger partial charge in [-0.15, -0.1) is 0 Å². The maximum atomic E-state index is 11.5. The predicted octanol–water partition coefficient (Wildman–Crippen LogP) is 9.66. The minimum absolute atomic E-state index is 0.0979. The predicted molar refractivity (Wildman–Crippen MR) is 167 cm³/mol. The Morgan fingerprint density at radius 2 is 0.950 bits per heavy atom. The third kappa shape index (κ3) is 8.26. The summed E-state index contributed by atoms with van der Waals surface area (Å²) in [5.41, 5.74) is 0. The molecule has 0 aliphatic heterocycles. The van der Waals surface area contributed by atoms with Crippen LogP contribution in [0.15, 0.2) is 24.8 Å². The zero-order valence-corrected chi connectivity index (χ0v) is 26.1. The largest absolute Gasteiger partial charge is 0.459 e. The van der Waals surface area contributed by atoms with Gasteiger partial charge in [-0.25, -0.2) is 4.79 Å². The minimum atomic E-state index is -0.264. The van der Waals surface area contributed by atoms with Crippen molar-refractivity contribution in [1.82, 2.24) is 4.90 Å². The second-order valence-electron chi connectivity index (χ2n) is 15.1. The van der Waals surface area contributed by atoms with Crippen molar-refractivity contribution in [1.29, 1.82) is 0 Å². The highest BCUT2D eigenvalue weighted by atomic mass is 16.5. The van der Waals surface area contributed by atoms with E-state index in [4.69, 9.17) is 4.74 Å². The summed E-state index contributed by atoms with van der Waals surface area (Å²) in [4.78, 5) is 14.7. The van der Waals surface area contributed by atoms with Crippen molar-refractivity contribution in [3.05, 3.63) is 24.8 Å². The van der Waals surface area contributed by atoms with E-state index in [9.17, 15) is 4.79 Å². The molecule has 3 heteroatoms. The molecule has 0 aromatic rings. The average Bonchev–Trinajstić information content (AvgIpc) is 2.99. The molecular formula is C37H61NO2. The number of allylic oxidation sites excluding steroid dienone is 2. The molecule has 0 amide bonds. The van der Waals surface area contributed by atoms with Gasteiger partial charge >= 0.3 is 5.97 Å². The number of ether oxygens (including phenoxy) is 1. The minimum Gasteiger partial charge on any atom is -0.459 e. The molecular weight excluding hydrogens is 490 g/mol. The number of carbonyl (C=O) groups is 1. The Morgan fingerprint density at radius 1 is 0.575 bits per heavy atom. The number of hydrogen-bond donors (Lipinski definition) is 0. The second kappa shape index (κ2) is 14.9. The molecule has 0 heterocycles. The first kappa shape index (κ1) is 30.4. The van der Waals surface area contributed by atoms with E-state index >= 15 is 0 Å². The molecule has 0 atom stereocenters. The van der Waals surface area contributed by atoms with E-state index in [0.29, 0.717) is 5.92 Å². The van der Waals surface area contributed by atoms with Crippen molar-refractivity contribution >= 4 is 5.97 Å². The SMILES string of the molecule is C=CC(=O)OC1CCC(C=CC2CCC(N(C3CCC(C)CC3)C3CCC(C4CCC(C)CC4)CC3)CC2)CC1. The van der Waals surface area contributed by atoms with Gasteiger partial charge in [0.25, 0.3) is 0 Å². The normalized spacial score (nSPS) is 41.6. The van der Waals surface area contributed by atoms with Crippen LogP contribution in [0.25, 0.3) is 0 Å². The topological polar surface area (TPSA) is 29.5 Å². The number of esters is 1. The summed E-state index contributed by atoms with van der Waals surface area (Å²) in [7, 11) is 0. The van der Waals surface area contributed by atoms with E-state index in [2.05, 4.69) is 37.5 Å². The summed E-state index contributed by atoms with van der Waals surface area (Å²) in [5, 5.41) is 0. The zero-order valence-electron chi connectivity index (χ0n) is 26.1. The van der Waals surface area contributed by atoms with Crippen LogP contribution in [-0.2, 0) is 9.53 Å². The maximum absolute atomic E-state index is 11.5. The first-order chi connectivity index (χ1) is 19.5. The van der Waals surface area contributed by atoms with Crippen molar-refractivity contribution < 1.29 is 9.53 Å². The molecule has 5 aliphatic carbocycles. The van der Waals surface area contributed by atoms with Crippen molar-refractivity contribution in [3.8, 4) is 0 Å². The van der Waals surface area contributed by atoms with Gasteiger partial charge in [0.15, 0.2) is 0 Å². The Balaban J connectivity index is 1.11. The van der Waals surface area contributed by atoms with Gasteiger partial charge < -0.3 is 4.74 Å². The molecule has 0 bridgehead atoms. The van der Waals surface area contributed by atoms with E-state index in [1.54, 1.807) is 0 Å². The summed E-state index contributed by atoms with van der Waals surface area (Å²) in [6.45, 7) is 8.48. The van der Waals surface area contributed by atoms with Gasteiger partial charge in [0.05, 0.1) is 0 Å². The molecule has 0 unspecified atom stereocenters. The fraction of sp³-hybridized carbons (Fsp3) is 0.865. The number of rotatable bonds is 8. The fourth-order valence-corrected chi connectivity index (χ4v) is 9.58.